The molecule has 1 saturated heterocycles. The van der Waals surface area contributed by atoms with E-state index in [1.807, 2.05) is 0 Å². The van der Waals surface area contributed by atoms with Crippen molar-refractivity contribution in [2.24, 2.45) is 5.92 Å². The Labute approximate surface area is 198 Å². The van der Waals surface area contributed by atoms with Crippen LogP contribution in [0.15, 0.2) is 47.4 Å². The van der Waals surface area contributed by atoms with Gasteiger partial charge in [0.2, 0.25) is 15.9 Å². The number of benzene rings is 2. The van der Waals surface area contributed by atoms with Gasteiger partial charge in [0.1, 0.15) is 12.4 Å². The van der Waals surface area contributed by atoms with Gasteiger partial charge in [-0.15, -0.1) is 0 Å². The van der Waals surface area contributed by atoms with Crippen molar-refractivity contribution in [1.82, 2.24) is 9.62 Å². The number of nitrogens with zero attached hydrogens (tertiary/aromatic N) is 1. The Morgan fingerprint density at radius 2 is 1.85 bits per heavy atom. The van der Waals surface area contributed by atoms with Crippen molar-refractivity contribution in [3.63, 3.8) is 0 Å². The van der Waals surface area contributed by atoms with Crippen LogP contribution < -0.4 is 19.5 Å². The summed E-state index contributed by atoms with van der Waals surface area (Å²) in [6, 6.07) is 11.8. The van der Waals surface area contributed by atoms with E-state index in [0.29, 0.717) is 61.5 Å². The smallest absolute Gasteiger partial charge is 0.243 e. The lowest BCUT2D eigenvalue weighted by Crippen LogP contribution is -2.43. The Hall–Kier alpha value is -2.49. The maximum atomic E-state index is 13.1. The molecule has 2 aromatic carbocycles. The van der Waals surface area contributed by atoms with Crippen molar-refractivity contribution >= 4 is 27.5 Å². The summed E-state index contributed by atoms with van der Waals surface area (Å²) in [4.78, 5) is 12.7. The van der Waals surface area contributed by atoms with Gasteiger partial charge in [-0.3, -0.25) is 4.79 Å². The van der Waals surface area contributed by atoms with Crippen LogP contribution in [0.4, 0.5) is 0 Å². The first-order chi connectivity index (χ1) is 15.9. The Balaban J connectivity index is 1.26. The largest absolute Gasteiger partial charge is 0.492 e. The third-order valence-electron chi connectivity index (χ3n) is 5.65. The topological polar surface area (TPSA) is 94.2 Å². The first kappa shape index (κ1) is 23.7. The predicted molar refractivity (Wildman–Crippen MR) is 123 cm³/mol. The average Bonchev–Trinajstić information content (AvgIpc) is 3.07. The second-order valence-electron chi connectivity index (χ2n) is 7.93. The summed E-state index contributed by atoms with van der Waals surface area (Å²) in [6.45, 7) is 2.29. The Bertz CT molecular complexity index is 1090. The number of carbonyl (C=O) groups is 1. The first-order valence-electron chi connectivity index (χ1n) is 11.0. The quantitative estimate of drug-likeness (QED) is 0.594. The van der Waals surface area contributed by atoms with Gasteiger partial charge in [-0.05, 0) is 43.2 Å². The highest BCUT2D eigenvalue weighted by Crippen LogP contribution is 2.33. The van der Waals surface area contributed by atoms with Crippen LogP contribution in [-0.2, 0) is 14.8 Å². The lowest BCUT2D eigenvalue weighted by molar-refractivity contribution is -0.126. The fourth-order valence-corrected chi connectivity index (χ4v) is 5.52. The highest BCUT2D eigenvalue weighted by molar-refractivity contribution is 7.89. The molecule has 1 N–H and O–H groups in total. The van der Waals surface area contributed by atoms with Crippen LogP contribution in [0.3, 0.4) is 0 Å². The molecule has 2 aliphatic rings. The molecule has 0 aromatic heterocycles. The molecule has 0 saturated carbocycles. The summed E-state index contributed by atoms with van der Waals surface area (Å²) in [6.07, 6.45) is 1.68. The van der Waals surface area contributed by atoms with Crippen molar-refractivity contribution in [3.05, 3.63) is 47.5 Å². The van der Waals surface area contributed by atoms with Gasteiger partial charge >= 0.3 is 0 Å². The standard InChI is InChI=1S/C23H27ClN2O6S/c24-18-3-1-4-19(15-18)30-14-9-25-23(27)17-7-10-26(11-8-17)33(28,29)20-5-6-21-22(16-20)32-13-2-12-31-21/h1,3-6,15-17H,2,7-14H2,(H,25,27). The summed E-state index contributed by atoms with van der Waals surface area (Å²) in [5.41, 5.74) is 0. The molecule has 2 heterocycles. The number of fused-ring (bicyclic) bond motifs is 1. The third-order valence-corrected chi connectivity index (χ3v) is 7.78. The van der Waals surface area contributed by atoms with E-state index in [1.54, 1.807) is 36.4 Å². The van der Waals surface area contributed by atoms with Gasteiger partial charge in [-0.25, -0.2) is 8.42 Å². The Kier molecular flexibility index (Phi) is 7.62. The number of rotatable bonds is 7. The molecular weight excluding hydrogens is 468 g/mol. The van der Waals surface area contributed by atoms with Crippen molar-refractivity contribution in [3.8, 4) is 17.2 Å². The number of nitrogens with one attached hydrogen (secondary N) is 1. The predicted octanol–water partition coefficient (Wildman–Crippen LogP) is 3.10. The molecular formula is C23H27ClN2O6S. The molecule has 4 rings (SSSR count). The number of sulfonamides is 1. The number of amides is 1. The van der Waals surface area contributed by atoms with Gasteiger partial charge in [0.25, 0.3) is 0 Å². The van der Waals surface area contributed by atoms with Gasteiger partial charge in [0.15, 0.2) is 11.5 Å². The SMILES string of the molecule is O=C(NCCOc1cccc(Cl)c1)C1CCN(S(=O)(=O)c2ccc3c(c2)OCCCO3)CC1. The van der Waals surface area contributed by atoms with Gasteiger partial charge in [0.05, 0.1) is 24.7 Å². The zero-order chi connectivity index (χ0) is 23.3. The van der Waals surface area contributed by atoms with E-state index < -0.39 is 10.0 Å². The van der Waals surface area contributed by atoms with Crippen molar-refractivity contribution in [1.29, 1.82) is 0 Å². The van der Waals surface area contributed by atoms with E-state index in [4.69, 9.17) is 25.8 Å². The van der Waals surface area contributed by atoms with Crippen LogP contribution in [0.5, 0.6) is 17.2 Å². The minimum absolute atomic E-state index is 0.0858. The number of hydrogen-bond donors (Lipinski definition) is 1. The number of ether oxygens (including phenoxy) is 3. The zero-order valence-corrected chi connectivity index (χ0v) is 19.7. The second-order valence-corrected chi connectivity index (χ2v) is 10.3. The van der Waals surface area contributed by atoms with E-state index in [1.165, 1.54) is 10.4 Å². The van der Waals surface area contributed by atoms with E-state index >= 15 is 0 Å². The van der Waals surface area contributed by atoms with E-state index in [0.717, 1.165) is 6.42 Å². The van der Waals surface area contributed by atoms with E-state index in [2.05, 4.69) is 5.32 Å². The van der Waals surface area contributed by atoms with E-state index in [9.17, 15) is 13.2 Å². The van der Waals surface area contributed by atoms with Crippen molar-refractivity contribution in [2.45, 2.75) is 24.2 Å². The van der Waals surface area contributed by atoms with Crippen LogP contribution in [0.2, 0.25) is 5.02 Å². The summed E-state index contributed by atoms with van der Waals surface area (Å²) >= 11 is 5.92. The van der Waals surface area contributed by atoms with E-state index in [-0.39, 0.29) is 29.8 Å². The monoisotopic (exact) mass is 494 g/mol. The van der Waals surface area contributed by atoms with Crippen molar-refractivity contribution < 1.29 is 27.4 Å². The number of piperidine rings is 1. The molecule has 0 aliphatic carbocycles. The molecule has 0 atom stereocenters. The molecule has 8 nitrogen and oxygen atoms in total. The molecule has 0 radical (unpaired) electrons. The molecule has 178 valence electrons. The zero-order valence-electron chi connectivity index (χ0n) is 18.2. The molecule has 33 heavy (non-hydrogen) atoms. The van der Waals surface area contributed by atoms with Crippen molar-refractivity contribution in [2.75, 3.05) is 39.5 Å². The molecule has 1 amide bonds. The first-order valence-corrected chi connectivity index (χ1v) is 12.8. The normalized spacial score (nSPS) is 17.2. The Morgan fingerprint density at radius 3 is 2.61 bits per heavy atom. The fourth-order valence-electron chi connectivity index (χ4n) is 3.86. The Morgan fingerprint density at radius 1 is 1.09 bits per heavy atom. The lowest BCUT2D eigenvalue weighted by atomic mass is 9.97. The van der Waals surface area contributed by atoms with Crippen LogP contribution in [-0.4, -0.2) is 58.1 Å². The molecule has 0 spiro atoms. The fraction of sp³-hybridized carbons (Fsp3) is 0.435. The highest BCUT2D eigenvalue weighted by atomic mass is 35.5. The summed E-state index contributed by atoms with van der Waals surface area (Å²) in [7, 11) is -3.68. The van der Waals surface area contributed by atoms with Gasteiger partial charge < -0.3 is 19.5 Å². The molecule has 0 bridgehead atoms. The number of carbonyl (C=O) groups excluding carboxylic acids is 1. The summed E-state index contributed by atoms with van der Waals surface area (Å²) in [5, 5.41) is 3.46. The molecule has 2 aromatic rings. The number of hydrogen-bond acceptors (Lipinski definition) is 6. The van der Waals surface area contributed by atoms with Gasteiger partial charge in [-0.1, -0.05) is 17.7 Å². The summed E-state index contributed by atoms with van der Waals surface area (Å²) in [5.74, 6) is 1.33. The van der Waals surface area contributed by atoms with Crippen LogP contribution in [0.25, 0.3) is 0 Å². The van der Waals surface area contributed by atoms with Crippen LogP contribution >= 0.6 is 11.6 Å². The lowest BCUT2D eigenvalue weighted by Gasteiger charge is -2.30. The van der Waals surface area contributed by atoms with Crippen LogP contribution in [0.1, 0.15) is 19.3 Å². The minimum atomic E-state index is -3.68. The molecule has 1 fully saturated rings. The average molecular weight is 495 g/mol. The summed E-state index contributed by atoms with van der Waals surface area (Å²) < 4.78 is 44.4. The van der Waals surface area contributed by atoms with Crippen LogP contribution in [0, 0.1) is 5.92 Å². The van der Waals surface area contributed by atoms with Gasteiger partial charge in [-0.2, -0.15) is 4.31 Å². The third kappa shape index (κ3) is 5.90. The maximum Gasteiger partial charge on any atom is 0.243 e. The maximum absolute atomic E-state index is 13.1. The highest BCUT2D eigenvalue weighted by Gasteiger charge is 2.32. The molecule has 10 heteroatoms. The molecule has 0 unspecified atom stereocenters. The second kappa shape index (κ2) is 10.6. The molecule has 2 aliphatic heterocycles. The number of halogens is 1. The van der Waals surface area contributed by atoms with Gasteiger partial charge in [0, 0.05) is 36.5 Å². The minimum Gasteiger partial charge on any atom is -0.492 e.